The van der Waals surface area contributed by atoms with Gasteiger partial charge in [-0.3, -0.25) is 4.98 Å². The SMILES string of the molecule is Clc1ccc(-c2cc(-c3ccccc3)nc(-c3ccc(-c4ccccc4)cc3)n2)nc1. The highest BCUT2D eigenvalue weighted by Crippen LogP contribution is 2.28. The van der Waals surface area contributed by atoms with Crippen LogP contribution < -0.4 is 0 Å². The van der Waals surface area contributed by atoms with E-state index < -0.39 is 0 Å². The average molecular weight is 420 g/mol. The van der Waals surface area contributed by atoms with Gasteiger partial charge in [-0.25, -0.2) is 9.97 Å². The first kappa shape index (κ1) is 19.2. The molecule has 0 N–H and O–H groups in total. The van der Waals surface area contributed by atoms with E-state index in [1.54, 1.807) is 6.20 Å². The lowest BCUT2D eigenvalue weighted by Crippen LogP contribution is -1.97. The van der Waals surface area contributed by atoms with Gasteiger partial charge < -0.3 is 0 Å². The van der Waals surface area contributed by atoms with Crippen LogP contribution in [0.25, 0.3) is 45.2 Å². The van der Waals surface area contributed by atoms with Crippen molar-refractivity contribution in [2.75, 3.05) is 0 Å². The summed E-state index contributed by atoms with van der Waals surface area (Å²) >= 11 is 6.02. The Morgan fingerprint density at radius 1 is 0.484 bits per heavy atom. The van der Waals surface area contributed by atoms with Crippen molar-refractivity contribution in [1.82, 2.24) is 15.0 Å². The number of pyridine rings is 1. The van der Waals surface area contributed by atoms with Gasteiger partial charge in [0, 0.05) is 17.3 Å². The first-order valence-corrected chi connectivity index (χ1v) is 10.4. The summed E-state index contributed by atoms with van der Waals surface area (Å²) < 4.78 is 0. The van der Waals surface area contributed by atoms with E-state index in [0.29, 0.717) is 10.8 Å². The van der Waals surface area contributed by atoms with Crippen LogP contribution in [0.5, 0.6) is 0 Å². The number of benzene rings is 3. The van der Waals surface area contributed by atoms with Crippen molar-refractivity contribution in [1.29, 1.82) is 0 Å². The summed E-state index contributed by atoms with van der Waals surface area (Å²) in [6, 6.07) is 34.4. The van der Waals surface area contributed by atoms with Gasteiger partial charge in [0.25, 0.3) is 0 Å². The third kappa shape index (κ3) is 4.23. The molecular weight excluding hydrogens is 402 g/mol. The summed E-state index contributed by atoms with van der Waals surface area (Å²) in [6.45, 7) is 0. The van der Waals surface area contributed by atoms with Crippen molar-refractivity contribution in [2.45, 2.75) is 0 Å². The lowest BCUT2D eigenvalue weighted by atomic mass is 10.0. The Bertz CT molecular complexity index is 1300. The van der Waals surface area contributed by atoms with Crippen LogP contribution in [0.4, 0.5) is 0 Å². The summed E-state index contributed by atoms with van der Waals surface area (Å²) in [6.07, 6.45) is 1.63. The molecule has 3 nitrogen and oxygen atoms in total. The quantitative estimate of drug-likeness (QED) is 0.309. The third-order valence-corrected chi connectivity index (χ3v) is 5.26. The van der Waals surface area contributed by atoms with Gasteiger partial charge in [0.15, 0.2) is 5.82 Å². The number of nitrogens with zero attached hydrogens (tertiary/aromatic N) is 3. The zero-order valence-corrected chi connectivity index (χ0v) is 17.4. The molecule has 0 aliphatic heterocycles. The Morgan fingerprint density at radius 2 is 1.06 bits per heavy atom. The minimum Gasteiger partial charge on any atom is -0.253 e. The molecule has 2 heterocycles. The maximum Gasteiger partial charge on any atom is 0.160 e. The molecule has 0 aliphatic carbocycles. The van der Waals surface area contributed by atoms with Crippen LogP contribution in [0.15, 0.2) is 109 Å². The van der Waals surface area contributed by atoms with E-state index >= 15 is 0 Å². The van der Waals surface area contributed by atoms with Gasteiger partial charge in [-0.2, -0.15) is 0 Å². The molecule has 148 valence electrons. The van der Waals surface area contributed by atoms with E-state index in [2.05, 4.69) is 41.4 Å². The van der Waals surface area contributed by atoms with Gasteiger partial charge in [0.05, 0.1) is 22.1 Å². The Labute approximate surface area is 186 Å². The van der Waals surface area contributed by atoms with Crippen LogP contribution in [0.1, 0.15) is 0 Å². The first-order chi connectivity index (χ1) is 15.3. The van der Waals surface area contributed by atoms with Crippen LogP contribution in [-0.4, -0.2) is 15.0 Å². The van der Waals surface area contributed by atoms with Gasteiger partial charge in [0.2, 0.25) is 0 Å². The molecule has 5 aromatic rings. The summed E-state index contributed by atoms with van der Waals surface area (Å²) in [5.41, 5.74) is 6.68. The second-order valence-corrected chi connectivity index (χ2v) is 7.57. The van der Waals surface area contributed by atoms with E-state index in [4.69, 9.17) is 21.6 Å². The van der Waals surface area contributed by atoms with Crippen molar-refractivity contribution in [3.05, 3.63) is 114 Å². The molecule has 4 heteroatoms. The maximum absolute atomic E-state index is 6.02. The fourth-order valence-corrected chi connectivity index (χ4v) is 3.55. The molecule has 0 fully saturated rings. The molecule has 5 rings (SSSR count). The Balaban J connectivity index is 1.60. The second-order valence-electron chi connectivity index (χ2n) is 7.13. The van der Waals surface area contributed by atoms with E-state index in [1.165, 1.54) is 5.56 Å². The summed E-state index contributed by atoms with van der Waals surface area (Å²) in [7, 11) is 0. The second kappa shape index (κ2) is 8.50. The van der Waals surface area contributed by atoms with Crippen LogP contribution in [0.2, 0.25) is 5.02 Å². The topological polar surface area (TPSA) is 38.7 Å². The molecule has 0 unspecified atom stereocenters. The van der Waals surface area contributed by atoms with Crippen LogP contribution in [-0.2, 0) is 0 Å². The van der Waals surface area contributed by atoms with E-state index in [0.717, 1.165) is 33.8 Å². The molecule has 0 spiro atoms. The van der Waals surface area contributed by atoms with Gasteiger partial charge in [0.1, 0.15) is 0 Å². The summed E-state index contributed by atoms with van der Waals surface area (Å²) in [5, 5.41) is 0.595. The molecule has 0 bridgehead atoms. The highest BCUT2D eigenvalue weighted by atomic mass is 35.5. The van der Waals surface area contributed by atoms with Crippen LogP contribution in [0, 0.1) is 0 Å². The highest BCUT2D eigenvalue weighted by molar-refractivity contribution is 6.30. The van der Waals surface area contributed by atoms with Crippen molar-refractivity contribution < 1.29 is 0 Å². The van der Waals surface area contributed by atoms with Crippen molar-refractivity contribution in [3.63, 3.8) is 0 Å². The Kier molecular flexibility index (Phi) is 5.26. The number of hydrogen-bond acceptors (Lipinski definition) is 3. The monoisotopic (exact) mass is 419 g/mol. The first-order valence-electron chi connectivity index (χ1n) is 9.98. The number of aromatic nitrogens is 3. The molecule has 0 amide bonds. The molecule has 31 heavy (non-hydrogen) atoms. The smallest absolute Gasteiger partial charge is 0.160 e. The standard InChI is InChI=1S/C27H18ClN3/c28-23-15-16-24(29-18-23)26-17-25(21-9-5-2-6-10-21)30-27(31-26)22-13-11-20(12-14-22)19-7-3-1-4-8-19/h1-18H. The lowest BCUT2D eigenvalue weighted by molar-refractivity contribution is 1.16. The van der Waals surface area contributed by atoms with Crippen molar-refractivity contribution >= 4 is 11.6 Å². The third-order valence-electron chi connectivity index (χ3n) is 5.04. The molecular formula is C27H18ClN3. The van der Waals surface area contributed by atoms with Gasteiger partial charge in [-0.1, -0.05) is 96.5 Å². The van der Waals surface area contributed by atoms with Gasteiger partial charge in [-0.05, 0) is 29.3 Å². The van der Waals surface area contributed by atoms with E-state index in [-0.39, 0.29) is 0 Å². The predicted octanol–water partition coefficient (Wildman–Crippen LogP) is 7.19. The summed E-state index contributed by atoms with van der Waals surface area (Å²) in [4.78, 5) is 14.1. The van der Waals surface area contributed by atoms with Gasteiger partial charge in [-0.15, -0.1) is 0 Å². The fourth-order valence-electron chi connectivity index (χ4n) is 3.43. The number of rotatable bonds is 4. The minimum atomic E-state index is 0.595. The predicted molar refractivity (Wildman–Crippen MR) is 127 cm³/mol. The van der Waals surface area contributed by atoms with Crippen LogP contribution >= 0.6 is 11.6 Å². The molecule has 0 saturated carbocycles. The molecule has 0 radical (unpaired) electrons. The minimum absolute atomic E-state index is 0.595. The largest absolute Gasteiger partial charge is 0.253 e. The molecule has 0 saturated heterocycles. The zero-order valence-electron chi connectivity index (χ0n) is 16.6. The normalized spacial score (nSPS) is 10.7. The molecule has 0 aliphatic rings. The molecule has 2 aromatic heterocycles. The fraction of sp³-hybridized carbons (Fsp3) is 0. The van der Waals surface area contributed by atoms with Gasteiger partial charge >= 0.3 is 0 Å². The number of hydrogen-bond donors (Lipinski definition) is 0. The van der Waals surface area contributed by atoms with Crippen LogP contribution in [0.3, 0.4) is 0 Å². The van der Waals surface area contributed by atoms with Crippen molar-refractivity contribution in [2.24, 2.45) is 0 Å². The molecule has 0 atom stereocenters. The molecule has 3 aromatic carbocycles. The van der Waals surface area contributed by atoms with E-state index in [1.807, 2.05) is 66.7 Å². The zero-order chi connectivity index (χ0) is 21.0. The van der Waals surface area contributed by atoms with E-state index in [9.17, 15) is 0 Å². The van der Waals surface area contributed by atoms with Crippen molar-refractivity contribution in [3.8, 4) is 45.2 Å². The number of halogens is 1. The Hall–Kier alpha value is -3.82. The summed E-state index contributed by atoms with van der Waals surface area (Å²) in [5.74, 6) is 0.660. The maximum atomic E-state index is 6.02. The Morgan fingerprint density at radius 3 is 1.71 bits per heavy atom. The highest BCUT2D eigenvalue weighted by Gasteiger charge is 2.11. The lowest BCUT2D eigenvalue weighted by Gasteiger charge is -2.09. The average Bonchev–Trinajstić information content (AvgIpc) is 2.85.